The molecule has 26 heavy (non-hydrogen) atoms. The average Bonchev–Trinajstić information content (AvgIpc) is 2.67. The second-order valence-electron chi connectivity index (χ2n) is 5.57. The number of carbonyl (C=O) groups is 1. The van der Waals surface area contributed by atoms with Crippen LogP contribution in [0.5, 0.6) is 5.75 Å². The molecule has 0 saturated carbocycles. The highest BCUT2D eigenvalue weighted by Gasteiger charge is 2.09. The third kappa shape index (κ3) is 4.45. The maximum Gasteiger partial charge on any atom is 0.356 e. The van der Waals surface area contributed by atoms with Crippen LogP contribution < -0.4 is 4.74 Å². The third-order valence-corrected chi connectivity index (χ3v) is 3.68. The van der Waals surface area contributed by atoms with Crippen LogP contribution >= 0.6 is 0 Å². The molecule has 0 bridgehead atoms. The Kier molecular flexibility index (Phi) is 5.59. The minimum atomic E-state index is -0.440. The van der Waals surface area contributed by atoms with Crippen LogP contribution in [0.15, 0.2) is 66.7 Å². The van der Waals surface area contributed by atoms with Crippen molar-refractivity contribution in [2.24, 2.45) is 0 Å². The summed E-state index contributed by atoms with van der Waals surface area (Å²) in [6, 6.07) is 18.9. The lowest BCUT2D eigenvalue weighted by Gasteiger charge is -2.08. The first-order valence-electron chi connectivity index (χ1n) is 8.27. The number of nitrogens with zero attached hydrogens (tertiary/aromatic N) is 1. The fraction of sp³-hybridized carbons (Fsp3) is 0.143. The highest BCUT2D eigenvalue weighted by Crippen LogP contribution is 2.22. The van der Waals surface area contributed by atoms with E-state index in [1.54, 1.807) is 25.1 Å². The van der Waals surface area contributed by atoms with Crippen LogP contribution in [0.3, 0.4) is 0 Å². The molecular weight excluding hydrogens is 333 g/mol. The Morgan fingerprint density at radius 3 is 2.54 bits per heavy atom. The highest BCUT2D eigenvalue weighted by atomic mass is 19.1. The molecule has 0 radical (unpaired) electrons. The Balaban J connectivity index is 1.69. The van der Waals surface area contributed by atoms with Gasteiger partial charge in [0.1, 0.15) is 23.9 Å². The van der Waals surface area contributed by atoms with Crippen molar-refractivity contribution in [1.82, 2.24) is 4.98 Å². The van der Waals surface area contributed by atoms with Gasteiger partial charge in [0.15, 0.2) is 0 Å². The summed E-state index contributed by atoms with van der Waals surface area (Å²) >= 11 is 0. The second kappa shape index (κ2) is 8.25. The largest absolute Gasteiger partial charge is 0.489 e. The predicted molar refractivity (Wildman–Crippen MR) is 96.4 cm³/mol. The van der Waals surface area contributed by atoms with Gasteiger partial charge in [0, 0.05) is 5.56 Å². The summed E-state index contributed by atoms with van der Waals surface area (Å²) in [4.78, 5) is 16.1. The number of rotatable bonds is 6. The maximum atomic E-state index is 13.2. The molecule has 1 aromatic heterocycles. The van der Waals surface area contributed by atoms with E-state index in [1.807, 2.05) is 36.4 Å². The van der Waals surface area contributed by atoms with Crippen molar-refractivity contribution in [2.75, 3.05) is 6.61 Å². The van der Waals surface area contributed by atoms with Crippen LogP contribution in [0.1, 0.15) is 23.0 Å². The lowest BCUT2D eigenvalue weighted by Crippen LogP contribution is -2.07. The van der Waals surface area contributed by atoms with Gasteiger partial charge >= 0.3 is 5.97 Å². The Bertz CT molecular complexity index is 894. The van der Waals surface area contributed by atoms with Crippen molar-refractivity contribution in [3.8, 4) is 17.0 Å². The lowest BCUT2D eigenvalue weighted by molar-refractivity contribution is 0.0519. The molecule has 0 aliphatic rings. The summed E-state index contributed by atoms with van der Waals surface area (Å²) in [5.74, 6) is -0.0574. The molecular formula is C21H18FNO3. The van der Waals surface area contributed by atoms with Crippen molar-refractivity contribution in [2.45, 2.75) is 13.5 Å². The molecule has 3 rings (SSSR count). The predicted octanol–water partition coefficient (Wildman–Crippen LogP) is 4.64. The van der Waals surface area contributed by atoms with Gasteiger partial charge in [0.25, 0.3) is 0 Å². The van der Waals surface area contributed by atoms with E-state index in [9.17, 15) is 9.18 Å². The van der Waals surface area contributed by atoms with E-state index in [0.717, 1.165) is 11.1 Å². The molecule has 132 valence electrons. The zero-order valence-corrected chi connectivity index (χ0v) is 14.3. The second-order valence-corrected chi connectivity index (χ2v) is 5.57. The van der Waals surface area contributed by atoms with Gasteiger partial charge in [0.2, 0.25) is 0 Å². The molecule has 0 spiro atoms. The Hall–Kier alpha value is -3.21. The molecule has 0 aliphatic carbocycles. The van der Waals surface area contributed by atoms with Crippen molar-refractivity contribution in [3.05, 3.63) is 83.8 Å². The SMILES string of the molecule is CCOC(=O)c1cccc(-c2ccc(OCc3cccc(F)c3)cc2)n1. The van der Waals surface area contributed by atoms with E-state index in [1.165, 1.54) is 12.1 Å². The van der Waals surface area contributed by atoms with E-state index >= 15 is 0 Å². The number of hydrogen-bond acceptors (Lipinski definition) is 4. The fourth-order valence-corrected chi connectivity index (χ4v) is 2.43. The van der Waals surface area contributed by atoms with Gasteiger partial charge in [-0.2, -0.15) is 0 Å². The molecule has 0 atom stereocenters. The average molecular weight is 351 g/mol. The minimum Gasteiger partial charge on any atom is -0.489 e. The standard InChI is InChI=1S/C21H18FNO3/c1-2-25-21(24)20-8-4-7-19(23-20)16-9-11-18(12-10-16)26-14-15-5-3-6-17(22)13-15/h3-13H,2,14H2,1H3. The van der Waals surface area contributed by atoms with E-state index < -0.39 is 5.97 Å². The zero-order valence-electron chi connectivity index (χ0n) is 14.3. The van der Waals surface area contributed by atoms with Crippen molar-refractivity contribution in [3.63, 3.8) is 0 Å². The molecule has 4 nitrogen and oxygen atoms in total. The summed E-state index contributed by atoms with van der Waals surface area (Å²) in [7, 11) is 0. The summed E-state index contributed by atoms with van der Waals surface area (Å²) < 4.78 is 23.8. The Morgan fingerprint density at radius 1 is 1.04 bits per heavy atom. The van der Waals surface area contributed by atoms with E-state index in [0.29, 0.717) is 18.1 Å². The summed E-state index contributed by atoms with van der Waals surface area (Å²) in [5.41, 5.74) is 2.56. The van der Waals surface area contributed by atoms with Crippen molar-refractivity contribution in [1.29, 1.82) is 0 Å². The summed E-state index contributed by atoms with van der Waals surface area (Å²) in [6.07, 6.45) is 0. The first-order valence-corrected chi connectivity index (χ1v) is 8.27. The molecule has 2 aromatic carbocycles. The van der Waals surface area contributed by atoms with Crippen LogP contribution in [0, 0.1) is 5.82 Å². The van der Waals surface area contributed by atoms with Gasteiger partial charge in [-0.15, -0.1) is 0 Å². The fourth-order valence-electron chi connectivity index (χ4n) is 2.43. The van der Waals surface area contributed by atoms with Gasteiger partial charge in [0.05, 0.1) is 12.3 Å². The minimum absolute atomic E-state index is 0.274. The molecule has 0 saturated heterocycles. The third-order valence-electron chi connectivity index (χ3n) is 3.68. The topological polar surface area (TPSA) is 48.4 Å². The molecule has 3 aromatic rings. The van der Waals surface area contributed by atoms with Gasteiger partial charge in [-0.25, -0.2) is 14.2 Å². The highest BCUT2D eigenvalue weighted by molar-refractivity contribution is 5.87. The van der Waals surface area contributed by atoms with E-state index in [-0.39, 0.29) is 18.1 Å². The van der Waals surface area contributed by atoms with Crippen LogP contribution in [0.25, 0.3) is 11.3 Å². The normalized spacial score (nSPS) is 10.4. The monoisotopic (exact) mass is 351 g/mol. The van der Waals surface area contributed by atoms with Crippen LogP contribution in [-0.2, 0) is 11.3 Å². The summed E-state index contributed by atoms with van der Waals surface area (Å²) in [6.45, 7) is 2.35. The van der Waals surface area contributed by atoms with E-state index in [2.05, 4.69) is 4.98 Å². The van der Waals surface area contributed by atoms with Gasteiger partial charge in [-0.05, 0) is 61.0 Å². The lowest BCUT2D eigenvalue weighted by atomic mass is 10.1. The number of pyridine rings is 1. The molecule has 0 fully saturated rings. The van der Waals surface area contributed by atoms with Crippen molar-refractivity contribution >= 4 is 5.97 Å². The number of carbonyl (C=O) groups excluding carboxylic acids is 1. The molecule has 0 aliphatic heterocycles. The van der Waals surface area contributed by atoms with Crippen LogP contribution in [-0.4, -0.2) is 17.6 Å². The number of hydrogen-bond donors (Lipinski definition) is 0. The van der Waals surface area contributed by atoms with E-state index in [4.69, 9.17) is 9.47 Å². The van der Waals surface area contributed by atoms with Crippen LogP contribution in [0.4, 0.5) is 4.39 Å². The first-order chi connectivity index (χ1) is 12.7. The Morgan fingerprint density at radius 2 is 1.81 bits per heavy atom. The number of esters is 1. The smallest absolute Gasteiger partial charge is 0.356 e. The molecule has 5 heteroatoms. The van der Waals surface area contributed by atoms with Crippen molar-refractivity contribution < 1.29 is 18.7 Å². The number of aromatic nitrogens is 1. The number of benzene rings is 2. The van der Waals surface area contributed by atoms with Crippen LogP contribution in [0.2, 0.25) is 0 Å². The van der Waals surface area contributed by atoms with Gasteiger partial charge < -0.3 is 9.47 Å². The number of halogens is 1. The Labute approximate surface area is 151 Å². The zero-order chi connectivity index (χ0) is 18.4. The quantitative estimate of drug-likeness (QED) is 0.607. The molecule has 0 unspecified atom stereocenters. The first kappa shape index (κ1) is 17.6. The molecule has 0 N–H and O–H groups in total. The maximum absolute atomic E-state index is 13.2. The van der Waals surface area contributed by atoms with Gasteiger partial charge in [-0.1, -0.05) is 18.2 Å². The number of ether oxygens (including phenoxy) is 2. The molecule has 1 heterocycles. The molecule has 0 amide bonds. The van der Waals surface area contributed by atoms with Gasteiger partial charge in [-0.3, -0.25) is 0 Å². The summed E-state index contributed by atoms with van der Waals surface area (Å²) in [5, 5.41) is 0.